The van der Waals surface area contributed by atoms with Gasteiger partial charge in [-0.05, 0) is 92.1 Å². The predicted octanol–water partition coefficient (Wildman–Crippen LogP) is 5.94. The Kier molecular flexibility index (Phi) is 6.61. The van der Waals surface area contributed by atoms with Crippen LogP contribution in [-0.4, -0.2) is 52.7 Å². The third-order valence-corrected chi connectivity index (χ3v) is 7.61. The molecule has 0 spiro atoms. The molecule has 2 N–H and O–H groups in total. The number of pyridine rings is 1. The van der Waals surface area contributed by atoms with Crippen molar-refractivity contribution < 1.29 is 4.79 Å². The second kappa shape index (κ2) is 9.80. The maximum Gasteiger partial charge on any atom is 0.251 e. The molecule has 34 heavy (non-hydrogen) atoms. The van der Waals surface area contributed by atoms with Crippen LogP contribution in [0.1, 0.15) is 41.3 Å². The first kappa shape index (κ1) is 22.9. The van der Waals surface area contributed by atoms with Crippen LogP contribution in [0.4, 0.5) is 0 Å². The van der Waals surface area contributed by atoms with Crippen LogP contribution in [-0.2, 0) is 0 Å². The van der Waals surface area contributed by atoms with Gasteiger partial charge in [-0.1, -0.05) is 19.1 Å². The molecule has 0 bridgehead atoms. The number of aromatic amines is 1. The van der Waals surface area contributed by atoms with Crippen molar-refractivity contribution in [2.24, 2.45) is 0 Å². The van der Waals surface area contributed by atoms with Gasteiger partial charge < -0.3 is 15.2 Å². The lowest BCUT2D eigenvalue weighted by atomic mass is 9.93. The first-order chi connectivity index (χ1) is 16.5. The Labute approximate surface area is 205 Å². The van der Waals surface area contributed by atoms with Crippen LogP contribution in [0, 0.1) is 13.8 Å². The highest BCUT2D eigenvalue weighted by Crippen LogP contribution is 2.38. The monoisotopic (exact) mass is 472 g/mol. The number of nitrogens with zero attached hydrogens (tertiary/aromatic N) is 2. The molecule has 176 valence electrons. The Morgan fingerprint density at radius 2 is 2.00 bits per heavy atom. The van der Waals surface area contributed by atoms with Crippen LogP contribution in [0.15, 0.2) is 47.5 Å². The molecule has 2 aromatic carbocycles. The van der Waals surface area contributed by atoms with Gasteiger partial charge in [-0.3, -0.25) is 4.79 Å². The topological polar surface area (TPSA) is 61.0 Å². The summed E-state index contributed by atoms with van der Waals surface area (Å²) in [7, 11) is 0. The van der Waals surface area contributed by atoms with Crippen molar-refractivity contribution in [2.45, 2.75) is 38.5 Å². The van der Waals surface area contributed by atoms with E-state index >= 15 is 0 Å². The lowest BCUT2D eigenvalue weighted by Crippen LogP contribution is -2.33. The van der Waals surface area contributed by atoms with Crippen LogP contribution in [0.2, 0.25) is 0 Å². The smallest absolute Gasteiger partial charge is 0.251 e. The molecule has 0 radical (unpaired) electrons. The molecule has 5 nitrogen and oxygen atoms in total. The summed E-state index contributed by atoms with van der Waals surface area (Å²) in [6.07, 6.45) is 4.41. The Hall–Kier alpha value is -2.83. The van der Waals surface area contributed by atoms with E-state index in [1.54, 1.807) is 0 Å². The fraction of sp³-hybridized carbons (Fsp3) is 0.357. The molecule has 5 rings (SSSR count). The second-order valence-corrected chi connectivity index (χ2v) is 10.5. The zero-order valence-corrected chi connectivity index (χ0v) is 21.0. The van der Waals surface area contributed by atoms with Crippen LogP contribution in [0.3, 0.4) is 0 Å². The van der Waals surface area contributed by atoms with Gasteiger partial charge in [-0.2, -0.15) is 0 Å². The first-order valence-corrected chi connectivity index (χ1v) is 13.2. The molecule has 0 atom stereocenters. The van der Waals surface area contributed by atoms with Crippen molar-refractivity contribution in [3.05, 3.63) is 59.3 Å². The Morgan fingerprint density at radius 1 is 1.18 bits per heavy atom. The SMILES string of the molecule is CCSc1cccc(-c2cc(C(=O)NCCN3CCCC3)c(C)c3[nH]c4ncc(C)cc4c23)c1. The van der Waals surface area contributed by atoms with E-state index < -0.39 is 0 Å². The number of aryl methyl sites for hydroxylation is 2. The minimum atomic E-state index is -0.0123. The van der Waals surface area contributed by atoms with Crippen LogP contribution in [0.25, 0.3) is 33.1 Å². The molecular weight excluding hydrogens is 440 g/mol. The number of hydrogen-bond donors (Lipinski definition) is 2. The molecule has 1 saturated heterocycles. The fourth-order valence-corrected chi connectivity index (χ4v) is 5.73. The standard InChI is InChI=1S/C28H32N4OS/c1-4-34-21-9-7-8-20(15-21)23-16-22(28(33)29-10-13-32-11-5-6-12-32)19(3)26-25(23)24-14-18(2)17-30-27(24)31-26/h7-9,14-17H,4-6,10-13H2,1-3H3,(H,29,33)(H,30,31). The highest BCUT2D eigenvalue weighted by Gasteiger charge is 2.20. The predicted molar refractivity (Wildman–Crippen MR) is 143 cm³/mol. The number of likely N-dealkylation sites (tertiary alicyclic amines) is 1. The quantitative estimate of drug-likeness (QED) is 0.327. The molecule has 3 heterocycles. The van der Waals surface area contributed by atoms with E-state index in [9.17, 15) is 4.79 Å². The molecular formula is C28H32N4OS. The number of thioether (sulfide) groups is 1. The Bertz CT molecular complexity index is 1350. The molecule has 1 amide bonds. The molecule has 4 aromatic rings. The normalized spacial score (nSPS) is 14.3. The molecule has 1 aliphatic rings. The third-order valence-electron chi connectivity index (χ3n) is 6.74. The largest absolute Gasteiger partial charge is 0.351 e. The summed E-state index contributed by atoms with van der Waals surface area (Å²) in [4.78, 5) is 25.2. The van der Waals surface area contributed by atoms with Gasteiger partial charge in [0.2, 0.25) is 0 Å². The number of rotatable bonds is 7. The fourth-order valence-electron chi connectivity index (χ4n) is 5.01. The zero-order valence-electron chi connectivity index (χ0n) is 20.2. The second-order valence-electron chi connectivity index (χ2n) is 9.15. The van der Waals surface area contributed by atoms with Gasteiger partial charge >= 0.3 is 0 Å². The van der Waals surface area contributed by atoms with Gasteiger partial charge in [0.05, 0.1) is 5.52 Å². The van der Waals surface area contributed by atoms with Crippen molar-refractivity contribution in [3.8, 4) is 11.1 Å². The van der Waals surface area contributed by atoms with Crippen molar-refractivity contribution in [2.75, 3.05) is 31.9 Å². The van der Waals surface area contributed by atoms with Crippen molar-refractivity contribution >= 4 is 39.6 Å². The average molecular weight is 473 g/mol. The minimum Gasteiger partial charge on any atom is -0.351 e. The number of carbonyl (C=O) groups is 1. The molecule has 2 aromatic heterocycles. The lowest BCUT2D eigenvalue weighted by Gasteiger charge is -2.16. The molecule has 0 saturated carbocycles. The van der Waals surface area contributed by atoms with Gasteiger partial charge in [0.15, 0.2) is 0 Å². The van der Waals surface area contributed by atoms with Gasteiger partial charge in [0.1, 0.15) is 5.65 Å². The summed E-state index contributed by atoms with van der Waals surface area (Å²) in [5, 5.41) is 5.41. The first-order valence-electron chi connectivity index (χ1n) is 12.2. The van der Waals surface area contributed by atoms with E-state index in [-0.39, 0.29) is 5.91 Å². The summed E-state index contributed by atoms with van der Waals surface area (Å²) >= 11 is 1.83. The van der Waals surface area contributed by atoms with E-state index in [0.29, 0.717) is 6.54 Å². The molecule has 1 fully saturated rings. The molecule has 0 aliphatic carbocycles. The Morgan fingerprint density at radius 3 is 2.79 bits per heavy atom. The summed E-state index contributed by atoms with van der Waals surface area (Å²) in [6.45, 7) is 10.1. The maximum atomic E-state index is 13.3. The van der Waals surface area contributed by atoms with Crippen molar-refractivity contribution in [3.63, 3.8) is 0 Å². The van der Waals surface area contributed by atoms with Crippen LogP contribution in [0.5, 0.6) is 0 Å². The lowest BCUT2D eigenvalue weighted by molar-refractivity contribution is 0.0949. The van der Waals surface area contributed by atoms with Gasteiger partial charge in [-0.15, -0.1) is 11.8 Å². The van der Waals surface area contributed by atoms with Gasteiger partial charge in [-0.25, -0.2) is 4.98 Å². The summed E-state index contributed by atoms with van der Waals surface area (Å²) in [5.74, 6) is 1.01. The maximum absolute atomic E-state index is 13.3. The van der Waals surface area contributed by atoms with Crippen LogP contribution >= 0.6 is 11.8 Å². The van der Waals surface area contributed by atoms with E-state index in [1.807, 2.05) is 24.9 Å². The summed E-state index contributed by atoms with van der Waals surface area (Å²) < 4.78 is 0. The number of aromatic nitrogens is 2. The highest BCUT2D eigenvalue weighted by molar-refractivity contribution is 7.99. The number of amides is 1. The van der Waals surface area contributed by atoms with E-state index in [0.717, 1.165) is 75.1 Å². The van der Waals surface area contributed by atoms with Crippen LogP contribution < -0.4 is 5.32 Å². The number of carbonyl (C=O) groups excluding carboxylic acids is 1. The van der Waals surface area contributed by atoms with E-state index in [1.165, 1.54) is 17.7 Å². The number of nitrogens with one attached hydrogen (secondary N) is 2. The van der Waals surface area contributed by atoms with Gasteiger partial charge in [0.25, 0.3) is 5.91 Å². The third kappa shape index (κ3) is 4.44. The highest BCUT2D eigenvalue weighted by atomic mass is 32.2. The number of benzene rings is 2. The zero-order chi connectivity index (χ0) is 23.7. The summed E-state index contributed by atoms with van der Waals surface area (Å²) in [6, 6.07) is 12.9. The number of hydrogen-bond acceptors (Lipinski definition) is 4. The van der Waals surface area contributed by atoms with Crippen molar-refractivity contribution in [1.82, 2.24) is 20.2 Å². The van der Waals surface area contributed by atoms with E-state index in [4.69, 9.17) is 0 Å². The Balaban J connectivity index is 1.61. The van der Waals surface area contributed by atoms with Gasteiger partial charge in [0, 0.05) is 40.5 Å². The average Bonchev–Trinajstić information content (AvgIpc) is 3.48. The summed E-state index contributed by atoms with van der Waals surface area (Å²) in [5.41, 5.74) is 6.85. The molecule has 0 unspecified atom stereocenters. The molecule has 1 aliphatic heterocycles. The molecule has 6 heteroatoms. The van der Waals surface area contributed by atoms with E-state index in [2.05, 4.69) is 70.4 Å². The number of fused-ring (bicyclic) bond motifs is 3. The number of H-pyrrole nitrogens is 1. The van der Waals surface area contributed by atoms with Crippen molar-refractivity contribution in [1.29, 1.82) is 0 Å². The minimum absolute atomic E-state index is 0.0123.